The molecule has 0 bridgehead atoms. The van der Waals surface area contributed by atoms with Crippen LogP contribution in [0.25, 0.3) is 0 Å². The molecule has 0 amide bonds. The van der Waals surface area contributed by atoms with Crippen LogP contribution in [0.3, 0.4) is 0 Å². The van der Waals surface area contributed by atoms with Crippen LogP contribution in [0.5, 0.6) is 0 Å². The Morgan fingerprint density at radius 3 is 2.20 bits per heavy atom. The first kappa shape index (κ1) is 18.9. The molecule has 1 fully saturated rings. The Kier molecular flexibility index (Phi) is 5.17. The van der Waals surface area contributed by atoms with Crippen LogP contribution in [0.4, 0.5) is 17.6 Å². The molecule has 0 heterocycles. The average molecular weight is 361 g/mol. The van der Waals surface area contributed by atoms with Gasteiger partial charge in [0.25, 0.3) is 0 Å². The molecule has 0 atom stereocenters. The summed E-state index contributed by atoms with van der Waals surface area (Å²) in [6.45, 7) is 1.19. The van der Waals surface area contributed by atoms with Crippen molar-refractivity contribution in [2.24, 2.45) is 0 Å². The molecule has 1 aliphatic rings. The fourth-order valence-corrected chi connectivity index (χ4v) is 2.36. The lowest BCUT2D eigenvalue weighted by atomic mass is 9.99. The van der Waals surface area contributed by atoms with Gasteiger partial charge >= 0.3 is 5.97 Å². The van der Waals surface area contributed by atoms with E-state index in [0.717, 1.165) is 0 Å². The standard InChI is InChI=1S/C16H15F4NO4/c1-2-9(21-16(6-22)3-4-16)10(15(24)25)14(23)7-5-8(17)12(19)13(20)11(7)18/h5,21-22H,2-4,6H2,1H3,(H,24,25). The molecule has 0 aromatic heterocycles. The number of rotatable bonds is 7. The molecule has 3 N–H and O–H groups in total. The van der Waals surface area contributed by atoms with E-state index in [0.29, 0.717) is 12.8 Å². The molecule has 2 rings (SSSR count). The number of carboxylic acids is 1. The van der Waals surface area contributed by atoms with Crippen LogP contribution >= 0.6 is 0 Å². The van der Waals surface area contributed by atoms with Crippen LogP contribution in [-0.2, 0) is 4.79 Å². The average Bonchev–Trinajstić information content (AvgIpc) is 3.35. The molecule has 0 unspecified atom stereocenters. The van der Waals surface area contributed by atoms with Gasteiger partial charge < -0.3 is 15.5 Å². The minimum atomic E-state index is -2.20. The van der Waals surface area contributed by atoms with Gasteiger partial charge in [0.2, 0.25) is 5.78 Å². The monoisotopic (exact) mass is 361 g/mol. The smallest absolute Gasteiger partial charge is 0.341 e. The number of carbonyl (C=O) groups excluding carboxylic acids is 1. The van der Waals surface area contributed by atoms with Crippen molar-refractivity contribution in [2.75, 3.05) is 6.61 Å². The third-order valence-electron chi connectivity index (χ3n) is 4.02. The topological polar surface area (TPSA) is 86.6 Å². The highest BCUT2D eigenvalue weighted by atomic mass is 19.2. The number of hydrogen-bond donors (Lipinski definition) is 3. The van der Waals surface area contributed by atoms with Crippen molar-refractivity contribution in [1.82, 2.24) is 5.32 Å². The number of Topliss-reactive ketones (excluding diaryl/α,β-unsaturated/α-hetero) is 1. The van der Waals surface area contributed by atoms with E-state index in [1.165, 1.54) is 6.92 Å². The number of carbonyl (C=O) groups is 2. The summed E-state index contributed by atoms with van der Waals surface area (Å²) in [5.74, 6) is -11.3. The molecule has 5 nitrogen and oxygen atoms in total. The minimum absolute atomic E-state index is 0.00288. The van der Waals surface area contributed by atoms with Gasteiger partial charge in [-0.15, -0.1) is 0 Å². The van der Waals surface area contributed by atoms with Crippen LogP contribution in [-0.4, -0.2) is 34.1 Å². The van der Waals surface area contributed by atoms with Crippen LogP contribution in [0, 0.1) is 23.3 Å². The van der Waals surface area contributed by atoms with Gasteiger partial charge in [0, 0.05) is 5.70 Å². The van der Waals surface area contributed by atoms with E-state index in [4.69, 9.17) is 0 Å². The predicted octanol–water partition coefficient (Wildman–Crippen LogP) is 2.29. The number of hydrogen-bond acceptors (Lipinski definition) is 4. The molecule has 0 spiro atoms. The third kappa shape index (κ3) is 3.51. The Bertz CT molecular complexity index is 772. The molecule has 1 aromatic rings. The lowest BCUT2D eigenvalue weighted by molar-refractivity contribution is -0.132. The maximum atomic E-state index is 13.8. The first-order valence-electron chi connectivity index (χ1n) is 7.40. The summed E-state index contributed by atoms with van der Waals surface area (Å²) in [4.78, 5) is 23.9. The number of halogens is 4. The second kappa shape index (κ2) is 6.83. The summed E-state index contributed by atoms with van der Waals surface area (Å²) in [6.07, 6.45) is 1.06. The number of carboxylic acid groups (broad SMARTS) is 1. The predicted molar refractivity (Wildman–Crippen MR) is 77.7 cm³/mol. The van der Waals surface area contributed by atoms with Gasteiger partial charge in [-0.05, 0) is 25.3 Å². The number of aliphatic carboxylic acids is 1. The summed E-state index contributed by atoms with van der Waals surface area (Å²) in [6, 6.07) is 0.116. The van der Waals surface area contributed by atoms with E-state index < -0.39 is 51.7 Å². The SMILES string of the molecule is CCC(NC1(CO)CC1)=C(C(=O)O)C(=O)c1cc(F)c(F)c(F)c1F. The van der Waals surface area contributed by atoms with Crippen LogP contribution in [0.1, 0.15) is 36.5 Å². The Morgan fingerprint density at radius 2 is 1.76 bits per heavy atom. The van der Waals surface area contributed by atoms with Gasteiger partial charge in [0.05, 0.1) is 17.7 Å². The zero-order valence-electron chi connectivity index (χ0n) is 13.1. The number of aliphatic hydroxyl groups is 1. The molecule has 0 radical (unpaired) electrons. The maximum Gasteiger partial charge on any atom is 0.341 e. The molecule has 1 aliphatic carbocycles. The molecule has 9 heteroatoms. The van der Waals surface area contributed by atoms with Crippen LogP contribution in [0.15, 0.2) is 17.3 Å². The van der Waals surface area contributed by atoms with Crippen LogP contribution < -0.4 is 5.32 Å². The minimum Gasteiger partial charge on any atom is -0.477 e. The van der Waals surface area contributed by atoms with Crippen molar-refractivity contribution < 1.29 is 37.4 Å². The molecule has 0 aliphatic heterocycles. The lowest BCUT2D eigenvalue weighted by Crippen LogP contribution is -2.36. The second-order valence-electron chi connectivity index (χ2n) is 5.75. The van der Waals surface area contributed by atoms with Gasteiger partial charge in [-0.3, -0.25) is 4.79 Å². The van der Waals surface area contributed by atoms with Crippen molar-refractivity contribution in [3.63, 3.8) is 0 Å². The van der Waals surface area contributed by atoms with Gasteiger partial charge in [-0.1, -0.05) is 6.92 Å². The molecular weight excluding hydrogens is 346 g/mol. The summed E-state index contributed by atoms with van der Waals surface area (Å²) in [7, 11) is 0. The normalized spacial score (nSPS) is 16.2. The summed E-state index contributed by atoms with van der Waals surface area (Å²) in [5, 5.41) is 21.4. The molecule has 25 heavy (non-hydrogen) atoms. The molecule has 1 aromatic carbocycles. The fraction of sp³-hybridized carbons (Fsp3) is 0.375. The van der Waals surface area contributed by atoms with Gasteiger partial charge in [-0.2, -0.15) is 0 Å². The maximum absolute atomic E-state index is 13.8. The second-order valence-corrected chi connectivity index (χ2v) is 5.75. The Morgan fingerprint density at radius 1 is 1.16 bits per heavy atom. The molecule has 136 valence electrons. The van der Waals surface area contributed by atoms with Gasteiger partial charge in [0.15, 0.2) is 23.3 Å². The quantitative estimate of drug-likeness (QED) is 0.132. The van der Waals surface area contributed by atoms with Crippen molar-refractivity contribution in [3.05, 3.63) is 46.2 Å². The zero-order valence-corrected chi connectivity index (χ0v) is 13.1. The van der Waals surface area contributed by atoms with Gasteiger partial charge in [0.1, 0.15) is 5.57 Å². The Hall–Kier alpha value is -2.42. The Balaban J connectivity index is 2.55. The van der Waals surface area contributed by atoms with E-state index in [2.05, 4.69) is 5.32 Å². The largest absolute Gasteiger partial charge is 0.477 e. The highest BCUT2D eigenvalue weighted by molar-refractivity contribution is 6.24. The summed E-state index contributed by atoms with van der Waals surface area (Å²) in [5.41, 5.74) is -3.04. The van der Waals surface area contributed by atoms with Gasteiger partial charge in [-0.25, -0.2) is 22.4 Å². The van der Waals surface area contributed by atoms with Crippen molar-refractivity contribution >= 4 is 11.8 Å². The number of benzene rings is 1. The molecule has 1 saturated carbocycles. The zero-order chi connectivity index (χ0) is 18.9. The van der Waals surface area contributed by atoms with Crippen molar-refractivity contribution in [3.8, 4) is 0 Å². The fourth-order valence-electron chi connectivity index (χ4n) is 2.36. The van der Waals surface area contributed by atoms with Crippen LogP contribution in [0.2, 0.25) is 0 Å². The lowest BCUT2D eigenvalue weighted by Gasteiger charge is -2.20. The summed E-state index contributed by atoms with van der Waals surface area (Å²) >= 11 is 0. The molecule has 0 saturated heterocycles. The van der Waals surface area contributed by atoms with Crippen molar-refractivity contribution in [2.45, 2.75) is 31.7 Å². The first-order chi connectivity index (χ1) is 11.7. The number of allylic oxidation sites excluding steroid dienone is 1. The Labute approximate surface area is 140 Å². The number of aliphatic hydroxyl groups excluding tert-OH is 1. The van der Waals surface area contributed by atoms with E-state index in [1.54, 1.807) is 0 Å². The first-order valence-corrected chi connectivity index (χ1v) is 7.40. The highest BCUT2D eigenvalue weighted by Crippen LogP contribution is 2.36. The van der Waals surface area contributed by atoms with E-state index >= 15 is 0 Å². The third-order valence-corrected chi connectivity index (χ3v) is 4.02. The summed E-state index contributed by atoms with van der Waals surface area (Å²) < 4.78 is 53.5. The number of ketones is 1. The van der Waals surface area contributed by atoms with E-state index in [1.807, 2.05) is 0 Å². The molecular formula is C16H15F4NO4. The van der Waals surface area contributed by atoms with E-state index in [-0.39, 0.29) is 24.8 Å². The highest BCUT2D eigenvalue weighted by Gasteiger charge is 2.43. The van der Waals surface area contributed by atoms with Crippen molar-refractivity contribution in [1.29, 1.82) is 0 Å². The number of nitrogens with one attached hydrogen (secondary N) is 1. The van der Waals surface area contributed by atoms with E-state index in [9.17, 15) is 37.4 Å².